The van der Waals surface area contributed by atoms with Gasteiger partial charge in [-0.05, 0) is 37.6 Å². The van der Waals surface area contributed by atoms with Gasteiger partial charge in [-0.25, -0.2) is 0 Å². The number of nitrogens with zero attached hydrogens (tertiary/aromatic N) is 1. The highest BCUT2D eigenvalue weighted by Crippen LogP contribution is 2.23. The third-order valence-corrected chi connectivity index (χ3v) is 4.89. The van der Waals surface area contributed by atoms with Crippen LogP contribution in [0.1, 0.15) is 55.1 Å². The van der Waals surface area contributed by atoms with Crippen LogP contribution < -0.4 is 5.32 Å². The number of thiophene rings is 1. The number of hydrogen-bond acceptors (Lipinski definition) is 3. The van der Waals surface area contributed by atoms with Crippen molar-refractivity contribution in [3.63, 3.8) is 0 Å². The van der Waals surface area contributed by atoms with Gasteiger partial charge in [0.05, 0.1) is 4.88 Å². The zero-order valence-corrected chi connectivity index (χ0v) is 13.5. The topological polar surface area (TPSA) is 49.4 Å². The fourth-order valence-electron chi connectivity index (χ4n) is 2.93. The Hall–Kier alpha value is -1.36. The van der Waals surface area contributed by atoms with Crippen molar-refractivity contribution in [3.05, 3.63) is 22.4 Å². The van der Waals surface area contributed by atoms with Gasteiger partial charge in [-0.3, -0.25) is 9.59 Å². The molecule has 0 spiro atoms. The SMILES string of the molecule is CCN(C(=O)CCCNC(=O)c1cccs1)C1CCCC1. The van der Waals surface area contributed by atoms with Crippen LogP contribution in [0.5, 0.6) is 0 Å². The van der Waals surface area contributed by atoms with E-state index in [1.807, 2.05) is 22.4 Å². The summed E-state index contributed by atoms with van der Waals surface area (Å²) in [5, 5.41) is 4.76. The van der Waals surface area contributed by atoms with Crippen LogP contribution in [-0.2, 0) is 4.79 Å². The molecular weight excluding hydrogens is 284 g/mol. The van der Waals surface area contributed by atoms with Crippen molar-refractivity contribution in [1.29, 1.82) is 0 Å². The average Bonchev–Trinajstić information content (AvgIpc) is 3.17. The molecule has 0 atom stereocenters. The molecule has 0 bridgehead atoms. The molecule has 21 heavy (non-hydrogen) atoms. The molecule has 1 aliphatic rings. The number of hydrogen-bond donors (Lipinski definition) is 1. The van der Waals surface area contributed by atoms with E-state index in [1.54, 1.807) is 0 Å². The van der Waals surface area contributed by atoms with Crippen LogP contribution in [0.2, 0.25) is 0 Å². The van der Waals surface area contributed by atoms with Gasteiger partial charge in [0.15, 0.2) is 0 Å². The maximum atomic E-state index is 12.2. The second kappa shape index (κ2) is 8.17. The summed E-state index contributed by atoms with van der Waals surface area (Å²) in [5.41, 5.74) is 0. The van der Waals surface area contributed by atoms with Gasteiger partial charge in [0.25, 0.3) is 5.91 Å². The predicted molar refractivity (Wildman–Crippen MR) is 85.5 cm³/mol. The molecule has 2 rings (SSSR count). The van der Waals surface area contributed by atoms with Crippen molar-refractivity contribution in [1.82, 2.24) is 10.2 Å². The van der Waals surface area contributed by atoms with Gasteiger partial charge >= 0.3 is 0 Å². The number of carbonyl (C=O) groups is 2. The maximum absolute atomic E-state index is 12.2. The van der Waals surface area contributed by atoms with Gasteiger partial charge in [-0.2, -0.15) is 0 Å². The van der Waals surface area contributed by atoms with Crippen molar-refractivity contribution in [2.45, 2.75) is 51.5 Å². The van der Waals surface area contributed by atoms with Crippen LogP contribution in [0.4, 0.5) is 0 Å². The third kappa shape index (κ3) is 4.56. The lowest BCUT2D eigenvalue weighted by Gasteiger charge is -2.27. The molecule has 1 aromatic rings. The molecule has 116 valence electrons. The minimum atomic E-state index is -0.0411. The monoisotopic (exact) mass is 308 g/mol. The number of nitrogens with one attached hydrogen (secondary N) is 1. The first-order chi connectivity index (χ1) is 10.2. The van der Waals surface area contributed by atoms with Crippen molar-refractivity contribution in [3.8, 4) is 0 Å². The van der Waals surface area contributed by atoms with E-state index >= 15 is 0 Å². The molecule has 4 nitrogen and oxygen atoms in total. The van der Waals surface area contributed by atoms with Crippen LogP contribution in [-0.4, -0.2) is 35.8 Å². The van der Waals surface area contributed by atoms with Crippen LogP contribution in [0.15, 0.2) is 17.5 Å². The number of carbonyl (C=O) groups excluding carboxylic acids is 2. The van der Waals surface area contributed by atoms with E-state index in [0.717, 1.165) is 24.3 Å². The smallest absolute Gasteiger partial charge is 0.261 e. The zero-order chi connectivity index (χ0) is 15.1. The Morgan fingerprint density at radius 2 is 2.14 bits per heavy atom. The third-order valence-electron chi connectivity index (χ3n) is 4.02. The highest BCUT2D eigenvalue weighted by molar-refractivity contribution is 7.12. The van der Waals surface area contributed by atoms with Crippen LogP contribution in [0, 0.1) is 0 Å². The minimum absolute atomic E-state index is 0.0411. The van der Waals surface area contributed by atoms with Gasteiger partial charge in [0, 0.05) is 25.6 Å². The zero-order valence-electron chi connectivity index (χ0n) is 12.6. The quantitative estimate of drug-likeness (QED) is 0.787. The van der Waals surface area contributed by atoms with E-state index in [1.165, 1.54) is 24.2 Å². The van der Waals surface area contributed by atoms with E-state index in [2.05, 4.69) is 12.2 Å². The van der Waals surface area contributed by atoms with E-state index in [-0.39, 0.29) is 11.8 Å². The molecule has 1 N–H and O–H groups in total. The molecule has 0 unspecified atom stereocenters. The van der Waals surface area contributed by atoms with Gasteiger partial charge in [-0.1, -0.05) is 18.9 Å². The summed E-state index contributed by atoms with van der Waals surface area (Å²) in [4.78, 5) is 26.7. The summed E-state index contributed by atoms with van der Waals surface area (Å²) in [5.74, 6) is 0.190. The van der Waals surface area contributed by atoms with Crippen LogP contribution >= 0.6 is 11.3 Å². The molecule has 1 aromatic heterocycles. The summed E-state index contributed by atoms with van der Waals surface area (Å²) in [6.45, 7) is 3.41. The van der Waals surface area contributed by atoms with Crippen molar-refractivity contribution < 1.29 is 9.59 Å². The summed E-state index contributed by atoms with van der Waals surface area (Å²) < 4.78 is 0. The lowest BCUT2D eigenvalue weighted by molar-refractivity contribution is -0.133. The summed E-state index contributed by atoms with van der Waals surface area (Å²) in [6, 6.07) is 4.12. The summed E-state index contributed by atoms with van der Waals surface area (Å²) in [7, 11) is 0. The molecular formula is C16H24N2O2S. The van der Waals surface area contributed by atoms with E-state index < -0.39 is 0 Å². The Morgan fingerprint density at radius 1 is 1.38 bits per heavy atom. The Kier molecular flexibility index (Phi) is 6.23. The molecule has 0 saturated heterocycles. The second-order valence-electron chi connectivity index (χ2n) is 5.45. The molecule has 0 radical (unpaired) electrons. The molecule has 1 fully saturated rings. The highest BCUT2D eigenvalue weighted by Gasteiger charge is 2.24. The predicted octanol–water partition coefficient (Wildman–Crippen LogP) is 3.05. The molecule has 1 heterocycles. The normalized spacial score (nSPS) is 15.1. The fraction of sp³-hybridized carbons (Fsp3) is 0.625. The Balaban J connectivity index is 1.67. The molecule has 5 heteroatoms. The number of rotatable bonds is 7. The summed E-state index contributed by atoms with van der Waals surface area (Å²) >= 11 is 1.43. The molecule has 1 aliphatic carbocycles. The molecule has 2 amide bonds. The molecule has 0 aliphatic heterocycles. The first kappa shape index (κ1) is 16.0. The minimum Gasteiger partial charge on any atom is -0.351 e. The van der Waals surface area contributed by atoms with Gasteiger partial charge in [0.2, 0.25) is 5.91 Å². The molecule has 0 aromatic carbocycles. The number of amides is 2. The lowest BCUT2D eigenvalue weighted by Crippen LogP contribution is -2.38. The van der Waals surface area contributed by atoms with Crippen LogP contribution in [0.3, 0.4) is 0 Å². The highest BCUT2D eigenvalue weighted by atomic mass is 32.1. The van der Waals surface area contributed by atoms with E-state index in [4.69, 9.17) is 0 Å². The van der Waals surface area contributed by atoms with Crippen molar-refractivity contribution in [2.75, 3.05) is 13.1 Å². The van der Waals surface area contributed by atoms with E-state index in [0.29, 0.717) is 25.4 Å². The van der Waals surface area contributed by atoms with Crippen molar-refractivity contribution in [2.24, 2.45) is 0 Å². The first-order valence-corrected chi connectivity index (χ1v) is 8.71. The fourth-order valence-corrected chi connectivity index (χ4v) is 3.57. The van der Waals surface area contributed by atoms with Gasteiger partial charge < -0.3 is 10.2 Å². The molecule has 1 saturated carbocycles. The Morgan fingerprint density at radius 3 is 2.76 bits per heavy atom. The van der Waals surface area contributed by atoms with Crippen LogP contribution in [0.25, 0.3) is 0 Å². The largest absolute Gasteiger partial charge is 0.351 e. The maximum Gasteiger partial charge on any atom is 0.261 e. The standard InChI is InChI=1S/C16H24N2O2S/c1-2-18(13-7-3-4-8-13)15(19)10-5-11-17-16(20)14-9-6-12-21-14/h6,9,12-13H,2-5,7-8,10-11H2,1H3,(H,17,20). The summed E-state index contributed by atoms with van der Waals surface area (Å²) in [6.07, 6.45) is 6.01. The van der Waals surface area contributed by atoms with Gasteiger partial charge in [-0.15, -0.1) is 11.3 Å². The lowest BCUT2D eigenvalue weighted by atomic mass is 10.2. The van der Waals surface area contributed by atoms with Crippen molar-refractivity contribution >= 4 is 23.2 Å². The van der Waals surface area contributed by atoms with Gasteiger partial charge in [0.1, 0.15) is 0 Å². The van der Waals surface area contributed by atoms with E-state index in [9.17, 15) is 9.59 Å². The first-order valence-electron chi connectivity index (χ1n) is 7.83. The Labute approximate surface area is 130 Å². The second-order valence-corrected chi connectivity index (χ2v) is 6.40. The average molecular weight is 308 g/mol. The Bertz CT molecular complexity index is 453.